The van der Waals surface area contributed by atoms with Crippen molar-refractivity contribution in [3.8, 4) is 5.75 Å². The first kappa shape index (κ1) is 18.5. The van der Waals surface area contributed by atoms with Gasteiger partial charge in [0.25, 0.3) is 5.91 Å². The zero-order valence-corrected chi connectivity index (χ0v) is 15.8. The predicted molar refractivity (Wildman–Crippen MR) is 109 cm³/mol. The van der Waals surface area contributed by atoms with E-state index in [1.807, 2.05) is 36.4 Å². The predicted octanol–water partition coefficient (Wildman–Crippen LogP) is 3.83. The fourth-order valence-corrected chi connectivity index (χ4v) is 3.38. The molecule has 136 valence electrons. The lowest BCUT2D eigenvalue weighted by molar-refractivity contribution is -0.121. The fraction of sp³-hybridized carbons (Fsp3) is 0.263. The minimum atomic E-state index is -0.323. The van der Waals surface area contributed by atoms with Gasteiger partial charge in [0.05, 0.1) is 16.4 Å². The van der Waals surface area contributed by atoms with Crippen LogP contribution in [0.2, 0.25) is 5.02 Å². The molecule has 0 saturated carbocycles. The minimum Gasteiger partial charge on any atom is -0.484 e. The summed E-state index contributed by atoms with van der Waals surface area (Å²) in [5, 5.41) is 6.59. The molecule has 2 aromatic rings. The van der Waals surface area contributed by atoms with Gasteiger partial charge in [0.1, 0.15) is 5.75 Å². The van der Waals surface area contributed by atoms with Gasteiger partial charge in [-0.1, -0.05) is 35.9 Å². The zero-order valence-electron chi connectivity index (χ0n) is 14.2. The molecule has 3 rings (SSSR count). The maximum Gasteiger partial charge on any atom is 0.264 e. The minimum absolute atomic E-state index is 0.111. The summed E-state index contributed by atoms with van der Waals surface area (Å²) < 4.78 is 5.41. The third-order valence-corrected chi connectivity index (χ3v) is 4.53. The largest absolute Gasteiger partial charge is 0.484 e. The third-order valence-electron chi connectivity index (χ3n) is 4.02. The van der Waals surface area contributed by atoms with E-state index < -0.39 is 0 Å². The number of ether oxygens (including phenoxy) is 1. The van der Waals surface area contributed by atoms with Crippen LogP contribution in [-0.2, 0) is 4.79 Å². The van der Waals surface area contributed by atoms with Crippen LogP contribution in [0.1, 0.15) is 12.8 Å². The van der Waals surface area contributed by atoms with Crippen LogP contribution in [0.15, 0.2) is 48.5 Å². The van der Waals surface area contributed by atoms with Crippen LogP contribution in [0.4, 0.5) is 11.4 Å². The number of para-hydroxylation sites is 2. The molecule has 5 nitrogen and oxygen atoms in total. The van der Waals surface area contributed by atoms with Gasteiger partial charge in [0, 0.05) is 13.1 Å². The highest BCUT2D eigenvalue weighted by atomic mass is 35.5. The number of hydrogen-bond acceptors (Lipinski definition) is 4. The van der Waals surface area contributed by atoms with Crippen molar-refractivity contribution in [1.29, 1.82) is 0 Å². The maximum atomic E-state index is 12.0. The lowest BCUT2D eigenvalue weighted by Gasteiger charge is -2.23. The molecule has 1 aliphatic heterocycles. The van der Waals surface area contributed by atoms with E-state index in [0.717, 1.165) is 37.3 Å². The van der Waals surface area contributed by atoms with E-state index in [4.69, 9.17) is 28.6 Å². The van der Waals surface area contributed by atoms with Crippen LogP contribution in [0.25, 0.3) is 0 Å². The maximum absolute atomic E-state index is 12.0. The molecule has 1 fully saturated rings. The number of thiocarbonyl (C=S) groups is 1. The van der Waals surface area contributed by atoms with E-state index in [9.17, 15) is 4.79 Å². The molecular weight excluding hydrogens is 370 g/mol. The molecule has 26 heavy (non-hydrogen) atoms. The molecule has 0 aliphatic carbocycles. The smallest absolute Gasteiger partial charge is 0.264 e. The summed E-state index contributed by atoms with van der Waals surface area (Å²) in [6.45, 7) is 1.81. The van der Waals surface area contributed by atoms with E-state index >= 15 is 0 Å². The average Bonchev–Trinajstić information content (AvgIpc) is 3.15. The molecule has 2 N–H and O–H groups in total. The van der Waals surface area contributed by atoms with Crippen LogP contribution in [0.5, 0.6) is 5.75 Å². The first-order chi connectivity index (χ1) is 12.6. The summed E-state index contributed by atoms with van der Waals surface area (Å²) in [7, 11) is 0. The van der Waals surface area contributed by atoms with Gasteiger partial charge in [-0.15, -0.1) is 0 Å². The average molecular weight is 390 g/mol. The summed E-state index contributed by atoms with van der Waals surface area (Å²) in [5.41, 5.74) is 1.71. The Balaban J connectivity index is 1.58. The van der Waals surface area contributed by atoms with E-state index in [0.29, 0.717) is 10.8 Å². The highest BCUT2D eigenvalue weighted by molar-refractivity contribution is 7.80. The normalized spacial score (nSPS) is 13.3. The molecule has 1 saturated heterocycles. The van der Waals surface area contributed by atoms with Crippen molar-refractivity contribution < 1.29 is 9.53 Å². The Morgan fingerprint density at radius 2 is 1.85 bits per heavy atom. The molecule has 7 heteroatoms. The SMILES string of the molecule is O=C(COc1ccccc1)NC(=S)Nc1cccc(Cl)c1N1CCCC1. The topological polar surface area (TPSA) is 53.6 Å². The highest BCUT2D eigenvalue weighted by Gasteiger charge is 2.19. The second-order valence-electron chi connectivity index (χ2n) is 5.93. The summed E-state index contributed by atoms with van der Waals surface area (Å²) >= 11 is 11.6. The quantitative estimate of drug-likeness (QED) is 0.761. The number of hydrogen-bond donors (Lipinski definition) is 2. The molecule has 0 atom stereocenters. The third kappa shape index (κ3) is 4.86. The lowest BCUT2D eigenvalue weighted by atomic mass is 10.2. The van der Waals surface area contributed by atoms with Crippen LogP contribution < -0.4 is 20.3 Å². The Bertz CT molecular complexity index is 780. The monoisotopic (exact) mass is 389 g/mol. The molecule has 1 amide bonds. The summed E-state index contributed by atoms with van der Waals surface area (Å²) in [4.78, 5) is 14.3. The number of amides is 1. The molecule has 0 bridgehead atoms. The Labute approximate surface area is 163 Å². The van der Waals surface area contributed by atoms with Crippen molar-refractivity contribution >= 4 is 46.2 Å². The first-order valence-corrected chi connectivity index (χ1v) is 9.24. The molecule has 0 unspecified atom stereocenters. The number of halogens is 1. The van der Waals surface area contributed by atoms with Crippen molar-refractivity contribution in [1.82, 2.24) is 5.32 Å². The van der Waals surface area contributed by atoms with E-state index in [-0.39, 0.29) is 17.6 Å². The molecule has 1 heterocycles. The van der Waals surface area contributed by atoms with Crippen LogP contribution in [0, 0.1) is 0 Å². The van der Waals surface area contributed by atoms with Crippen molar-refractivity contribution in [2.24, 2.45) is 0 Å². The second kappa shape index (κ2) is 8.87. The summed E-state index contributed by atoms with van der Waals surface area (Å²) in [5.74, 6) is 0.309. The van der Waals surface area contributed by atoms with Crippen molar-refractivity contribution in [2.75, 3.05) is 29.9 Å². The van der Waals surface area contributed by atoms with Crippen LogP contribution in [0.3, 0.4) is 0 Å². The van der Waals surface area contributed by atoms with Gasteiger partial charge in [-0.05, 0) is 49.3 Å². The van der Waals surface area contributed by atoms with Crippen LogP contribution >= 0.6 is 23.8 Å². The first-order valence-electron chi connectivity index (χ1n) is 8.45. The number of anilines is 2. The fourth-order valence-electron chi connectivity index (χ4n) is 2.86. The number of nitrogens with zero attached hydrogens (tertiary/aromatic N) is 1. The number of carbonyl (C=O) groups excluding carboxylic acids is 1. The van der Waals surface area contributed by atoms with E-state index in [1.54, 1.807) is 12.1 Å². The second-order valence-corrected chi connectivity index (χ2v) is 6.75. The van der Waals surface area contributed by atoms with Gasteiger partial charge in [-0.2, -0.15) is 0 Å². The van der Waals surface area contributed by atoms with E-state index in [2.05, 4.69) is 15.5 Å². The zero-order chi connectivity index (χ0) is 18.4. The standard InChI is InChI=1S/C19H20ClN3O2S/c20-15-9-6-10-16(18(15)23-11-4-5-12-23)21-19(26)22-17(24)13-25-14-7-2-1-3-8-14/h1-3,6-10H,4-5,11-13H2,(H2,21,22,24,26). The Kier molecular flexibility index (Phi) is 6.30. The molecule has 0 radical (unpaired) electrons. The molecule has 2 aromatic carbocycles. The van der Waals surface area contributed by atoms with Gasteiger partial charge >= 0.3 is 0 Å². The van der Waals surface area contributed by atoms with Gasteiger partial charge in [0.2, 0.25) is 0 Å². The summed E-state index contributed by atoms with van der Waals surface area (Å²) in [6, 6.07) is 14.8. The summed E-state index contributed by atoms with van der Waals surface area (Å²) in [6.07, 6.45) is 2.28. The number of benzene rings is 2. The van der Waals surface area contributed by atoms with E-state index in [1.165, 1.54) is 0 Å². The lowest BCUT2D eigenvalue weighted by Crippen LogP contribution is -2.37. The van der Waals surface area contributed by atoms with Gasteiger partial charge in [-0.3, -0.25) is 10.1 Å². The number of carbonyl (C=O) groups is 1. The van der Waals surface area contributed by atoms with Crippen molar-refractivity contribution in [2.45, 2.75) is 12.8 Å². The molecule has 0 aromatic heterocycles. The van der Waals surface area contributed by atoms with Gasteiger partial charge < -0.3 is 15.0 Å². The number of nitrogens with one attached hydrogen (secondary N) is 2. The Hall–Kier alpha value is -2.31. The van der Waals surface area contributed by atoms with Gasteiger partial charge in [-0.25, -0.2) is 0 Å². The molecule has 0 spiro atoms. The van der Waals surface area contributed by atoms with Gasteiger partial charge in [0.15, 0.2) is 11.7 Å². The van der Waals surface area contributed by atoms with Crippen LogP contribution in [-0.4, -0.2) is 30.7 Å². The van der Waals surface area contributed by atoms with Crippen molar-refractivity contribution in [3.05, 3.63) is 53.6 Å². The Morgan fingerprint density at radius 1 is 1.12 bits per heavy atom. The number of rotatable bonds is 5. The van der Waals surface area contributed by atoms with Crippen molar-refractivity contribution in [3.63, 3.8) is 0 Å². The highest BCUT2D eigenvalue weighted by Crippen LogP contribution is 2.35. The Morgan fingerprint density at radius 3 is 2.58 bits per heavy atom. The molecule has 1 aliphatic rings. The molecular formula is C19H20ClN3O2S.